The summed E-state index contributed by atoms with van der Waals surface area (Å²) in [5.41, 5.74) is 7.96. The van der Waals surface area contributed by atoms with Gasteiger partial charge in [-0.15, -0.1) is 0 Å². The number of aromatic amines is 1. The van der Waals surface area contributed by atoms with Crippen LogP contribution in [0.3, 0.4) is 0 Å². The molecule has 1 fully saturated rings. The molecule has 0 amide bonds. The Morgan fingerprint density at radius 2 is 1.81 bits per heavy atom. The maximum absolute atomic E-state index is 11.0. The number of aliphatic imine (C=N–C) groups is 1. The van der Waals surface area contributed by atoms with Crippen LogP contribution in [0.4, 0.5) is 0 Å². The van der Waals surface area contributed by atoms with Crippen LogP contribution in [-0.2, 0) is 10.2 Å². The standard InChI is InChI=1S/C31H39N3O2/c1-6-26(24-13-11-23(12-14-24)22-9-7-21(8-10-22)17-29(35)36)32-19-20(2)30-33-27-16-15-25(31(3,4)5)18-28(27)34-30/h11-16,18-19,21-22H,6-10,17H2,1-5H3,(H,33,34)(H,35,36)/b20-19+,32-26?. The van der Waals surface area contributed by atoms with Gasteiger partial charge in [0.15, 0.2) is 0 Å². The van der Waals surface area contributed by atoms with Gasteiger partial charge in [0, 0.05) is 23.9 Å². The number of aromatic nitrogens is 2. The van der Waals surface area contributed by atoms with Gasteiger partial charge in [-0.3, -0.25) is 9.79 Å². The first kappa shape index (κ1) is 25.9. The molecule has 5 nitrogen and oxygen atoms in total. The molecule has 1 saturated carbocycles. The Hall–Kier alpha value is -3.21. The van der Waals surface area contributed by atoms with Crippen molar-refractivity contribution in [2.75, 3.05) is 0 Å². The van der Waals surface area contributed by atoms with Crippen LogP contribution in [0.25, 0.3) is 16.6 Å². The van der Waals surface area contributed by atoms with Crippen molar-refractivity contribution in [3.63, 3.8) is 0 Å². The number of benzene rings is 2. The first-order valence-corrected chi connectivity index (χ1v) is 13.2. The molecular formula is C31H39N3O2. The fraction of sp³-hybridized carbons (Fsp3) is 0.452. The van der Waals surface area contributed by atoms with Gasteiger partial charge in [0.05, 0.1) is 11.0 Å². The van der Waals surface area contributed by atoms with E-state index >= 15 is 0 Å². The summed E-state index contributed by atoms with van der Waals surface area (Å²) in [5.74, 6) is 1.04. The van der Waals surface area contributed by atoms with Gasteiger partial charge in [0.2, 0.25) is 0 Å². The monoisotopic (exact) mass is 485 g/mol. The predicted molar refractivity (Wildman–Crippen MR) is 149 cm³/mol. The van der Waals surface area contributed by atoms with E-state index in [1.54, 1.807) is 0 Å². The average Bonchev–Trinajstić information content (AvgIpc) is 3.28. The summed E-state index contributed by atoms with van der Waals surface area (Å²) in [5, 5.41) is 9.05. The van der Waals surface area contributed by atoms with Crippen LogP contribution >= 0.6 is 0 Å². The second kappa shape index (κ2) is 10.8. The highest BCUT2D eigenvalue weighted by Gasteiger charge is 2.24. The SMILES string of the molecule is CCC(=N/C=C(\C)c1nc2ccc(C(C)(C)C)cc2[nH]1)c1ccc(C2CCC(CC(=O)O)CC2)cc1. The van der Waals surface area contributed by atoms with E-state index in [0.29, 0.717) is 18.3 Å². The third kappa shape index (κ3) is 6.13. The molecule has 0 spiro atoms. The number of H-pyrrole nitrogens is 1. The Kier molecular flexibility index (Phi) is 7.77. The molecule has 1 aliphatic carbocycles. The van der Waals surface area contributed by atoms with E-state index in [9.17, 15) is 4.79 Å². The number of fused-ring (bicyclic) bond motifs is 1. The van der Waals surface area contributed by atoms with Gasteiger partial charge in [-0.05, 0) is 85.1 Å². The summed E-state index contributed by atoms with van der Waals surface area (Å²) in [6.45, 7) is 10.8. The molecular weight excluding hydrogens is 446 g/mol. The molecule has 3 aromatic rings. The fourth-order valence-electron chi connectivity index (χ4n) is 5.16. The normalized spacial score (nSPS) is 19.6. The number of rotatable bonds is 7. The number of nitrogens with one attached hydrogen (secondary N) is 1. The van der Waals surface area contributed by atoms with Crippen molar-refractivity contribution < 1.29 is 9.90 Å². The lowest BCUT2D eigenvalue weighted by atomic mass is 9.77. The lowest BCUT2D eigenvalue weighted by Gasteiger charge is -2.28. The smallest absolute Gasteiger partial charge is 0.303 e. The van der Waals surface area contributed by atoms with Crippen molar-refractivity contribution in [2.45, 2.75) is 84.5 Å². The summed E-state index contributed by atoms with van der Waals surface area (Å²) in [6.07, 6.45) is 7.22. The van der Waals surface area contributed by atoms with Gasteiger partial charge in [-0.1, -0.05) is 58.0 Å². The molecule has 4 rings (SSSR count). The van der Waals surface area contributed by atoms with Crippen molar-refractivity contribution in [1.29, 1.82) is 0 Å². The molecule has 190 valence electrons. The lowest BCUT2D eigenvalue weighted by molar-refractivity contribution is -0.138. The highest BCUT2D eigenvalue weighted by Crippen LogP contribution is 2.37. The molecule has 1 aliphatic rings. The van der Waals surface area contributed by atoms with Gasteiger partial charge in [-0.25, -0.2) is 4.98 Å². The molecule has 2 N–H and O–H groups in total. The molecule has 0 atom stereocenters. The number of carbonyl (C=O) groups is 1. The highest BCUT2D eigenvalue weighted by molar-refractivity contribution is 6.01. The summed E-state index contributed by atoms with van der Waals surface area (Å²) in [6, 6.07) is 15.3. The Labute approximate surface area is 214 Å². The van der Waals surface area contributed by atoms with Crippen LogP contribution in [0.5, 0.6) is 0 Å². The molecule has 5 heteroatoms. The molecule has 0 unspecified atom stereocenters. The van der Waals surface area contributed by atoms with E-state index in [1.807, 2.05) is 13.1 Å². The molecule has 1 aromatic heterocycles. The van der Waals surface area contributed by atoms with Crippen LogP contribution in [0.2, 0.25) is 0 Å². The Morgan fingerprint density at radius 3 is 2.42 bits per heavy atom. The van der Waals surface area contributed by atoms with Crippen molar-refractivity contribution in [1.82, 2.24) is 9.97 Å². The molecule has 0 saturated heterocycles. The molecule has 0 aliphatic heterocycles. The molecule has 1 heterocycles. The second-order valence-corrected chi connectivity index (χ2v) is 11.2. The second-order valence-electron chi connectivity index (χ2n) is 11.2. The first-order valence-electron chi connectivity index (χ1n) is 13.2. The van der Waals surface area contributed by atoms with Gasteiger partial charge < -0.3 is 10.1 Å². The van der Waals surface area contributed by atoms with Crippen LogP contribution < -0.4 is 0 Å². The quantitative estimate of drug-likeness (QED) is 0.334. The van der Waals surface area contributed by atoms with E-state index in [0.717, 1.165) is 65.8 Å². The summed E-state index contributed by atoms with van der Waals surface area (Å²) in [7, 11) is 0. The van der Waals surface area contributed by atoms with E-state index in [2.05, 4.69) is 75.1 Å². The largest absolute Gasteiger partial charge is 0.481 e. The lowest BCUT2D eigenvalue weighted by Crippen LogP contribution is -2.16. The van der Waals surface area contributed by atoms with Crippen molar-refractivity contribution in [3.05, 3.63) is 71.2 Å². The molecule has 0 radical (unpaired) electrons. The minimum absolute atomic E-state index is 0.0972. The fourth-order valence-corrected chi connectivity index (χ4v) is 5.16. The number of imidazole rings is 1. The Morgan fingerprint density at radius 1 is 1.11 bits per heavy atom. The third-order valence-electron chi connectivity index (χ3n) is 7.50. The zero-order chi connectivity index (χ0) is 25.9. The topological polar surface area (TPSA) is 78.3 Å². The van der Waals surface area contributed by atoms with Crippen molar-refractivity contribution >= 4 is 28.3 Å². The van der Waals surface area contributed by atoms with E-state index in [4.69, 9.17) is 15.1 Å². The van der Waals surface area contributed by atoms with E-state index in [1.165, 1.54) is 11.1 Å². The van der Waals surface area contributed by atoms with E-state index < -0.39 is 5.97 Å². The summed E-state index contributed by atoms with van der Waals surface area (Å²) in [4.78, 5) is 24.1. The number of nitrogens with zero attached hydrogens (tertiary/aromatic N) is 2. The van der Waals surface area contributed by atoms with Gasteiger partial charge in [0.25, 0.3) is 0 Å². The number of carboxylic acids is 1. The van der Waals surface area contributed by atoms with Crippen LogP contribution in [0, 0.1) is 5.92 Å². The summed E-state index contributed by atoms with van der Waals surface area (Å²) >= 11 is 0. The zero-order valence-corrected chi connectivity index (χ0v) is 22.3. The molecule has 0 bridgehead atoms. The third-order valence-corrected chi connectivity index (χ3v) is 7.50. The number of hydrogen-bond donors (Lipinski definition) is 2. The maximum atomic E-state index is 11.0. The van der Waals surface area contributed by atoms with Crippen LogP contribution in [0.1, 0.15) is 102 Å². The average molecular weight is 486 g/mol. The van der Waals surface area contributed by atoms with Crippen LogP contribution in [-0.4, -0.2) is 26.8 Å². The van der Waals surface area contributed by atoms with Crippen LogP contribution in [0.15, 0.2) is 53.7 Å². The van der Waals surface area contributed by atoms with Gasteiger partial charge >= 0.3 is 5.97 Å². The summed E-state index contributed by atoms with van der Waals surface area (Å²) < 4.78 is 0. The number of aliphatic carboxylic acids is 1. The zero-order valence-electron chi connectivity index (χ0n) is 22.3. The molecule has 36 heavy (non-hydrogen) atoms. The Bertz CT molecular complexity index is 1270. The minimum atomic E-state index is -0.673. The van der Waals surface area contributed by atoms with Gasteiger partial charge in [-0.2, -0.15) is 0 Å². The van der Waals surface area contributed by atoms with Gasteiger partial charge in [0.1, 0.15) is 5.82 Å². The highest BCUT2D eigenvalue weighted by atomic mass is 16.4. The Balaban J connectivity index is 1.46. The number of allylic oxidation sites excluding steroid dienone is 1. The maximum Gasteiger partial charge on any atom is 0.303 e. The number of carboxylic acid groups (broad SMARTS) is 1. The predicted octanol–water partition coefficient (Wildman–Crippen LogP) is 7.87. The first-order chi connectivity index (χ1) is 17.1. The van der Waals surface area contributed by atoms with Crippen molar-refractivity contribution in [3.8, 4) is 0 Å². The molecule has 2 aromatic carbocycles. The van der Waals surface area contributed by atoms with Crippen molar-refractivity contribution in [2.24, 2.45) is 10.9 Å². The van der Waals surface area contributed by atoms with E-state index in [-0.39, 0.29) is 5.41 Å². The minimum Gasteiger partial charge on any atom is -0.481 e. The number of hydrogen-bond acceptors (Lipinski definition) is 3.